The average Bonchev–Trinajstić information content (AvgIpc) is 2.35. The van der Waals surface area contributed by atoms with E-state index in [4.69, 9.17) is 16.7 Å². The van der Waals surface area contributed by atoms with Gasteiger partial charge < -0.3 is 10.4 Å². The predicted octanol–water partition coefficient (Wildman–Crippen LogP) is 2.73. The van der Waals surface area contributed by atoms with Crippen molar-refractivity contribution in [3.05, 3.63) is 34.9 Å². The number of rotatable bonds is 2. The van der Waals surface area contributed by atoms with Crippen molar-refractivity contribution in [1.29, 1.82) is 0 Å². The van der Waals surface area contributed by atoms with Gasteiger partial charge in [0, 0.05) is 5.02 Å². The van der Waals surface area contributed by atoms with E-state index in [2.05, 4.69) is 5.32 Å². The zero-order valence-corrected chi connectivity index (χ0v) is 10.5. The van der Waals surface area contributed by atoms with Crippen LogP contribution in [-0.2, 0) is 11.2 Å². The van der Waals surface area contributed by atoms with Crippen LogP contribution >= 0.6 is 11.6 Å². The second-order valence-electron chi connectivity index (χ2n) is 4.01. The minimum absolute atomic E-state index is 0.0527. The Bertz CT molecular complexity index is 322. The SMILES string of the molecule is C1CCNCC1.O=C(O)Cc1ccc(Cl)cc1. The van der Waals surface area contributed by atoms with E-state index in [1.807, 2.05) is 0 Å². The highest BCUT2D eigenvalue weighted by molar-refractivity contribution is 6.30. The van der Waals surface area contributed by atoms with Gasteiger partial charge in [-0.2, -0.15) is 0 Å². The lowest BCUT2D eigenvalue weighted by molar-refractivity contribution is -0.136. The fraction of sp³-hybridized carbons (Fsp3) is 0.462. The van der Waals surface area contributed by atoms with Crippen LogP contribution in [0.2, 0.25) is 5.02 Å². The van der Waals surface area contributed by atoms with E-state index in [-0.39, 0.29) is 6.42 Å². The summed E-state index contributed by atoms with van der Waals surface area (Å²) in [6.07, 6.45) is 4.27. The van der Waals surface area contributed by atoms with Crippen LogP contribution in [0.4, 0.5) is 0 Å². The van der Waals surface area contributed by atoms with Gasteiger partial charge in [0.05, 0.1) is 6.42 Å². The molecule has 1 aromatic rings. The number of nitrogens with one attached hydrogen (secondary N) is 1. The molecule has 17 heavy (non-hydrogen) atoms. The summed E-state index contributed by atoms with van der Waals surface area (Å²) >= 11 is 5.60. The first-order valence-electron chi connectivity index (χ1n) is 5.85. The van der Waals surface area contributed by atoms with Gasteiger partial charge in [-0.15, -0.1) is 0 Å². The molecule has 1 aliphatic rings. The van der Waals surface area contributed by atoms with E-state index in [9.17, 15) is 4.79 Å². The van der Waals surface area contributed by atoms with Gasteiger partial charge in [0.15, 0.2) is 0 Å². The van der Waals surface area contributed by atoms with Crippen LogP contribution in [0, 0.1) is 0 Å². The number of piperidine rings is 1. The summed E-state index contributed by atoms with van der Waals surface area (Å²) in [6, 6.07) is 6.77. The Hall–Kier alpha value is -1.06. The van der Waals surface area contributed by atoms with E-state index in [0.29, 0.717) is 5.02 Å². The smallest absolute Gasteiger partial charge is 0.307 e. The van der Waals surface area contributed by atoms with Gasteiger partial charge in [0.2, 0.25) is 0 Å². The largest absolute Gasteiger partial charge is 0.481 e. The van der Waals surface area contributed by atoms with E-state index in [0.717, 1.165) is 5.56 Å². The first-order valence-corrected chi connectivity index (χ1v) is 6.23. The summed E-state index contributed by atoms with van der Waals surface area (Å²) < 4.78 is 0. The molecule has 0 unspecified atom stereocenters. The molecule has 1 aliphatic heterocycles. The van der Waals surface area contributed by atoms with E-state index in [1.165, 1.54) is 32.4 Å². The Morgan fingerprint density at radius 1 is 1.18 bits per heavy atom. The molecule has 4 heteroatoms. The topological polar surface area (TPSA) is 49.3 Å². The Morgan fingerprint density at radius 3 is 2.12 bits per heavy atom. The number of halogens is 1. The quantitative estimate of drug-likeness (QED) is 0.854. The van der Waals surface area contributed by atoms with Crippen molar-refractivity contribution < 1.29 is 9.90 Å². The molecule has 0 amide bonds. The monoisotopic (exact) mass is 255 g/mol. The third kappa shape index (κ3) is 6.97. The first-order chi connectivity index (χ1) is 8.18. The average molecular weight is 256 g/mol. The Balaban J connectivity index is 0.000000202. The number of carboxylic acid groups (broad SMARTS) is 1. The summed E-state index contributed by atoms with van der Waals surface area (Å²) in [7, 11) is 0. The maximum Gasteiger partial charge on any atom is 0.307 e. The molecule has 0 spiro atoms. The van der Waals surface area contributed by atoms with Crippen molar-refractivity contribution >= 4 is 17.6 Å². The van der Waals surface area contributed by atoms with Crippen LogP contribution in [0.5, 0.6) is 0 Å². The molecular weight excluding hydrogens is 238 g/mol. The summed E-state index contributed by atoms with van der Waals surface area (Å²) in [5.41, 5.74) is 0.766. The van der Waals surface area contributed by atoms with Gasteiger partial charge in [-0.3, -0.25) is 4.79 Å². The second kappa shape index (κ2) is 8.09. The Kier molecular flexibility index (Phi) is 6.67. The number of benzene rings is 1. The number of aliphatic carboxylic acids is 1. The lowest BCUT2D eigenvalue weighted by atomic mass is 10.2. The minimum Gasteiger partial charge on any atom is -0.481 e. The van der Waals surface area contributed by atoms with Crippen LogP contribution in [-0.4, -0.2) is 24.2 Å². The molecule has 1 heterocycles. The molecule has 0 atom stereocenters. The third-order valence-electron chi connectivity index (χ3n) is 2.48. The summed E-state index contributed by atoms with van der Waals surface area (Å²) in [5.74, 6) is -0.827. The molecule has 2 N–H and O–H groups in total. The highest BCUT2D eigenvalue weighted by Crippen LogP contribution is 2.09. The van der Waals surface area contributed by atoms with Crippen LogP contribution in [0.15, 0.2) is 24.3 Å². The van der Waals surface area contributed by atoms with Gasteiger partial charge >= 0.3 is 5.97 Å². The minimum atomic E-state index is -0.827. The van der Waals surface area contributed by atoms with Crippen LogP contribution in [0.1, 0.15) is 24.8 Å². The maximum absolute atomic E-state index is 10.2. The summed E-state index contributed by atoms with van der Waals surface area (Å²) in [5, 5.41) is 12.3. The number of carbonyl (C=O) groups is 1. The number of carboxylic acids is 1. The molecule has 0 bridgehead atoms. The van der Waals surface area contributed by atoms with Crippen molar-refractivity contribution in [3.8, 4) is 0 Å². The molecule has 0 saturated carbocycles. The van der Waals surface area contributed by atoms with Gasteiger partial charge in [0.1, 0.15) is 0 Å². The van der Waals surface area contributed by atoms with Crippen molar-refractivity contribution in [2.24, 2.45) is 0 Å². The molecule has 1 fully saturated rings. The third-order valence-corrected chi connectivity index (χ3v) is 2.73. The standard InChI is InChI=1S/C8H7ClO2.C5H11N/c9-7-3-1-6(2-4-7)5-8(10)11;1-2-4-6-5-3-1/h1-4H,5H2,(H,10,11);6H,1-5H2. The molecule has 2 rings (SSSR count). The predicted molar refractivity (Wildman–Crippen MR) is 69.5 cm³/mol. The van der Waals surface area contributed by atoms with Crippen LogP contribution < -0.4 is 5.32 Å². The van der Waals surface area contributed by atoms with Gasteiger partial charge in [0.25, 0.3) is 0 Å². The van der Waals surface area contributed by atoms with Crippen LogP contribution in [0.3, 0.4) is 0 Å². The molecule has 1 saturated heterocycles. The fourth-order valence-corrected chi connectivity index (χ4v) is 1.70. The molecule has 0 aromatic heterocycles. The summed E-state index contributed by atoms with van der Waals surface area (Å²) in [4.78, 5) is 10.2. The summed E-state index contributed by atoms with van der Waals surface area (Å²) in [6.45, 7) is 2.50. The molecule has 94 valence electrons. The van der Waals surface area contributed by atoms with Crippen LogP contribution in [0.25, 0.3) is 0 Å². The second-order valence-corrected chi connectivity index (χ2v) is 4.44. The fourth-order valence-electron chi connectivity index (χ4n) is 1.58. The Labute approximate surface area is 107 Å². The number of hydrogen-bond donors (Lipinski definition) is 2. The van der Waals surface area contributed by atoms with Crippen molar-refractivity contribution in [3.63, 3.8) is 0 Å². The zero-order chi connectivity index (χ0) is 12.5. The van der Waals surface area contributed by atoms with Gasteiger partial charge in [-0.1, -0.05) is 30.2 Å². The normalized spacial score (nSPS) is 14.6. The van der Waals surface area contributed by atoms with E-state index >= 15 is 0 Å². The zero-order valence-electron chi connectivity index (χ0n) is 9.79. The number of hydrogen-bond acceptors (Lipinski definition) is 2. The lowest BCUT2D eigenvalue weighted by Gasteiger charge is -2.08. The van der Waals surface area contributed by atoms with Crippen molar-refractivity contribution in [2.45, 2.75) is 25.7 Å². The van der Waals surface area contributed by atoms with Gasteiger partial charge in [-0.05, 0) is 43.6 Å². The molecule has 0 aliphatic carbocycles. The maximum atomic E-state index is 10.2. The Morgan fingerprint density at radius 2 is 1.76 bits per heavy atom. The van der Waals surface area contributed by atoms with E-state index in [1.54, 1.807) is 24.3 Å². The van der Waals surface area contributed by atoms with Gasteiger partial charge in [-0.25, -0.2) is 0 Å². The highest BCUT2D eigenvalue weighted by Gasteiger charge is 1.98. The van der Waals surface area contributed by atoms with Crippen molar-refractivity contribution in [2.75, 3.05) is 13.1 Å². The molecule has 0 radical (unpaired) electrons. The lowest BCUT2D eigenvalue weighted by Crippen LogP contribution is -2.21. The van der Waals surface area contributed by atoms with Crippen molar-refractivity contribution in [1.82, 2.24) is 5.32 Å². The molecular formula is C13H18ClNO2. The highest BCUT2D eigenvalue weighted by atomic mass is 35.5. The van der Waals surface area contributed by atoms with E-state index < -0.39 is 5.97 Å². The first kappa shape index (κ1) is 14.0. The molecule has 3 nitrogen and oxygen atoms in total. The molecule has 1 aromatic carbocycles.